The average molecular weight is 860 g/mol. The van der Waals surface area contributed by atoms with E-state index in [-0.39, 0.29) is 25.7 Å². The Kier molecular flexibility index (Phi) is 11.0. The van der Waals surface area contributed by atoms with E-state index < -0.39 is 43.9 Å². The molecular weight excluding hydrogens is 823 g/mol. The minimum absolute atomic E-state index is 0.275. The normalized spacial score (nSPS) is 11.4. The number of hydrogen-bond acceptors (Lipinski definition) is 8. The first kappa shape index (κ1) is 37.4. The van der Waals surface area contributed by atoms with E-state index in [1.54, 1.807) is 24.3 Å². The number of fused-ring (bicyclic) bond motifs is 4. The fourth-order valence-corrected chi connectivity index (χ4v) is 12.0. The van der Waals surface area contributed by atoms with Gasteiger partial charge in [0, 0.05) is 0 Å². The molecule has 280 valence electrons. The summed E-state index contributed by atoms with van der Waals surface area (Å²) < 4.78 is 24.1. The predicted molar refractivity (Wildman–Crippen MR) is 221 cm³/mol. The molecule has 8 rings (SSSR count). The van der Waals surface area contributed by atoms with E-state index in [2.05, 4.69) is 0 Å². The van der Waals surface area contributed by atoms with Crippen molar-refractivity contribution in [3.63, 3.8) is 0 Å². The van der Waals surface area contributed by atoms with Gasteiger partial charge in [-0.1, -0.05) is 0 Å². The Labute approximate surface area is 334 Å². The molecule has 0 N–H and O–H groups in total. The van der Waals surface area contributed by atoms with Gasteiger partial charge in [-0.15, -0.1) is 0 Å². The van der Waals surface area contributed by atoms with Gasteiger partial charge < -0.3 is 0 Å². The monoisotopic (exact) mass is 860 g/mol. The zero-order valence-corrected chi connectivity index (χ0v) is 33.6. The summed E-state index contributed by atoms with van der Waals surface area (Å²) in [5.41, 5.74) is 2.52. The van der Waals surface area contributed by atoms with Crippen LogP contribution >= 0.6 is 0 Å². The van der Waals surface area contributed by atoms with Crippen molar-refractivity contribution in [3.8, 4) is 0 Å². The van der Waals surface area contributed by atoms with Crippen LogP contribution in [0.15, 0.2) is 170 Å². The molecule has 0 aliphatic rings. The molecule has 8 aromatic rings. The molecule has 0 aromatic heterocycles. The van der Waals surface area contributed by atoms with Crippen LogP contribution in [0.5, 0.6) is 0 Å². The number of rotatable bonds is 12. The Morgan fingerprint density at radius 3 is 0.754 bits per heavy atom. The Morgan fingerprint density at radius 1 is 0.298 bits per heavy atom. The number of benzene rings is 8. The first-order valence-corrected chi connectivity index (χ1v) is 23.2. The maximum absolute atomic E-state index is 14.1. The van der Waals surface area contributed by atoms with Crippen molar-refractivity contribution in [2.75, 3.05) is 0 Å². The molecule has 0 heterocycles. The second kappa shape index (κ2) is 16.7. The molecule has 0 saturated heterocycles. The molecular formula is C48H36O8Sn. The van der Waals surface area contributed by atoms with Gasteiger partial charge in [0.15, 0.2) is 0 Å². The summed E-state index contributed by atoms with van der Waals surface area (Å²) >= 11 is -6.41. The van der Waals surface area contributed by atoms with Crippen LogP contribution in [-0.2, 0) is 57.2 Å². The summed E-state index contributed by atoms with van der Waals surface area (Å²) in [6.45, 7) is 0. The molecule has 57 heavy (non-hydrogen) atoms. The van der Waals surface area contributed by atoms with Crippen molar-refractivity contribution < 1.29 is 31.5 Å². The number of hydrogen-bond donors (Lipinski definition) is 0. The van der Waals surface area contributed by atoms with Crippen LogP contribution in [0.2, 0.25) is 0 Å². The molecule has 0 bridgehead atoms. The second-order valence-corrected chi connectivity index (χ2v) is 18.8. The molecule has 0 radical (unpaired) electrons. The van der Waals surface area contributed by atoms with Crippen molar-refractivity contribution in [3.05, 3.63) is 192 Å². The van der Waals surface area contributed by atoms with Crippen molar-refractivity contribution in [2.45, 2.75) is 25.7 Å². The molecule has 0 aliphatic heterocycles. The fourth-order valence-electron chi connectivity index (χ4n) is 7.24. The quantitative estimate of drug-likeness (QED) is 0.112. The zero-order chi connectivity index (χ0) is 39.2. The Balaban J connectivity index is 1.16. The first-order valence-electron chi connectivity index (χ1n) is 18.6. The molecule has 0 unspecified atom stereocenters. The zero-order valence-electron chi connectivity index (χ0n) is 30.8. The predicted octanol–water partition coefficient (Wildman–Crippen LogP) is 9.18. The van der Waals surface area contributed by atoms with Crippen LogP contribution in [0, 0.1) is 0 Å². The maximum atomic E-state index is 14.1. The van der Waals surface area contributed by atoms with Crippen LogP contribution in [0.25, 0.3) is 43.1 Å². The number of carbonyl (C=O) groups is 4. The van der Waals surface area contributed by atoms with E-state index in [4.69, 9.17) is 12.3 Å². The molecule has 0 atom stereocenters. The van der Waals surface area contributed by atoms with Gasteiger partial charge in [0.1, 0.15) is 0 Å². The summed E-state index contributed by atoms with van der Waals surface area (Å²) in [6, 6.07) is 52.4. The summed E-state index contributed by atoms with van der Waals surface area (Å²) in [5.74, 6) is -3.51. The average Bonchev–Trinajstić information content (AvgIpc) is 3.21. The third-order valence-electron chi connectivity index (χ3n) is 9.81. The van der Waals surface area contributed by atoms with Gasteiger partial charge in [-0.25, -0.2) is 0 Å². The Bertz CT molecular complexity index is 2410. The van der Waals surface area contributed by atoms with Gasteiger partial charge in [-0.05, 0) is 0 Å². The molecule has 0 aliphatic carbocycles. The van der Waals surface area contributed by atoms with Crippen LogP contribution < -0.4 is 0 Å². The summed E-state index contributed by atoms with van der Waals surface area (Å²) in [6.07, 6.45) is -1.10. The first-order chi connectivity index (χ1) is 27.8. The molecule has 0 spiro atoms. The topological polar surface area (TPSA) is 105 Å². The van der Waals surface area contributed by atoms with Gasteiger partial charge in [-0.3, -0.25) is 0 Å². The molecule has 8 aromatic carbocycles. The van der Waals surface area contributed by atoms with Crippen molar-refractivity contribution >= 4 is 87.0 Å². The number of carbonyl (C=O) groups excluding carboxylic acids is 4. The van der Waals surface area contributed by atoms with Crippen molar-refractivity contribution in [2.24, 2.45) is 0 Å². The Morgan fingerprint density at radius 2 is 0.509 bits per heavy atom. The summed E-state index contributed by atoms with van der Waals surface area (Å²) in [4.78, 5) is 56.3. The second-order valence-electron chi connectivity index (χ2n) is 13.7. The van der Waals surface area contributed by atoms with E-state index in [1.165, 1.54) is 0 Å². The van der Waals surface area contributed by atoms with Crippen molar-refractivity contribution in [1.82, 2.24) is 0 Å². The third kappa shape index (κ3) is 8.66. The summed E-state index contributed by atoms with van der Waals surface area (Å²) in [7, 11) is 0. The standard InChI is InChI=1S/4C12H10O2.Sn/c4*13-12(14)8-10-6-3-5-9-4-1-2-7-11(9)10;/h4*1-7H,8H2,(H,13,14);/q;;;;+4/p-4. The molecule has 0 amide bonds. The minimum atomic E-state index is -6.41. The molecule has 0 saturated carbocycles. The van der Waals surface area contributed by atoms with E-state index in [0.717, 1.165) is 43.1 Å². The van der Waals surface area contributed by atoms with Crippen LogP contribution in [-0.4, -0.2) is 43.9 Å². The van der Waals surface area contributed by atoms with Gasteiger partial charge >= 0.3 is 336 Å². The molecule has 8 nitrogen and oxygen atoms in total. The van der Waals surface area contributed by atoms with E-state index in [9.17, 15) is 19.2 Å². The van der Waals surface area contributed by atoms with E-state index in [0.29, 0.717) is 22.3 Å². The van der Waals surface area contributed by atoms with Crippen LogP contribution in [0.4, 0.5) is 0 Å². The van der Waals surface area contributed by atoms with E-state index in [1.807, 2.05) is 146 Å². The van der Waals surface area contributed by atoms with E-state index >= 15 is 0 Å². The fraction of sp³-hybridized carbons (Fsp3) is 0.0833. The van der Waals surface area contributed by atoms with Gasteiger partial charge in [0.05, 0.1) is 0 Å². The van der Waals surface area contributed by atoms with Gasteiger partial charge in [-0.2, -0.15) is 0 Å². The van der Waals surface area contributed by atoms with Crippen molar-refractivity contribution in [1.29, 1.82) is 0 Å². The summed E-state index contributed by atoms with van der Waals surface area (Å²) in [5, 5.41) is 6.87. The molecule has 9 heteroatoms. The third-order valence-corrected chi connectivity index (χ3v) is 15.3. The van der Waals surface area contributed by atoms with Gasteiger partial charge in [0.25, 0.3) is 0 Å². The van der Waals surface area contributed by atoms with Crippen LogP contribution in [0.1, 0.15) is 22.3 Å². The Hall–Kier alpha value is -6.52. The SMILES string of the molecule is O=C(Cc1cccc2ccccc12)[O][Sn]([O]C(=O)Cc1cccc2ccccc12)([O]C(=O)Cc1cccc2ccccc12)[O]C(=O)Cc1cccc2ccccc12. The van der Waals surface area contributed by atoms with Crippen LogP contribution in [0.3, 0.4) is 0 Å². The molecule has 0 fully saturated rings. The van der Waals surface area contributed by atoms with Gasteiger partial charge in [0.2, 0.25) is 0 Å².